The Balaban J connectivity index is 2.46. The molecule has 1 heteroatoms. The molecule has 2 aliphatic rings. The van der Waals surface area contributed by atoms with Gasteiger partial charge in [-0.25, -0.2) is 0 Å². The maximum atomic E-state index is 6.59. The Bertz CT molecular complexity index is 572. The summed E-state index contributed by atoms with van der Waals surface area (Å²) in [4.78, 5) is 0. The van der Waals surface area contributed by atoms with Crippen LogP contribution in [0.1, 0.15) is 74.1 Å². The van der Waals surface area contributed by atoms with E-state index in [9.17, 15) is 0 Å². The second-order valence-corrected chi connectivity index (χ2v) is 9.36. The lowest BCUT2D eigenvalue weighted by Crippen LogP contribution is -2.42. The molecule has 0 saturated carbocycles. The zero-order chi connectivity index (χ0) is 18.0. The van der Waals surface area contributed by atoms with Crippen LogP contribution in [0.3, 0.4) is 0 Å². The highest BCUT2D eigenvalue weighted by Crippen LogP contribution is 2.48. The smallest absolute Gasteiger partial charge is 0.0974 e. The molecular weight excluding hydrogens is 292 g/mol. The molecule has 0 aromatic heterocycles. The normalized spacial score (nSPS) is 24.7. The van der Waals surface area contributed by atoms with Crippen LogP contribution < -0.4 is 0 Å². The molecule has 0 aromatic carbocycles. The third-order valence-corrected chi connectivity index (χ3v) is 5.04. The molecule has 0 saturated heterocycles. The lowest BCUT2D eigenvalue weighted by Gasteiger charge is -2.45. The fourth-order valence-corrected chi connectivity index (χ4v) is 3.77. The predicted octanol–water partition coefficient (Wildman–Crippen LogP) is 6.78. The van der Waals surface area contributed by atoms with E-state index in [1.807, 2.05) is 0 Å². The van der Waals surface area contributed by atoms with Gasteiger partial charge in [-0.1, -0.05) is 78.8 Å². The van der Waals surface area contributed by atoms with E-state index in [0.717, 1.165) is 32.3 Å². The second-order valence-electron chi connectivity index (χ2n) is 9.36. The molecule has 24 heavy (non-hydrogen) atoms. The molecule has 1 nitrogen and oxygen atoms in total. The van der Waals surface area contributed by atoms with Crippen LogP contribution in [0.25, 0.3) is 0 Å². The number of ether oxygens (including phenoxy) is 1. The summed E-state index contributed by atoms with van der Waals surface area (Å²) in [6, 6.07) is 0. The zero-order valence-corrected chi connectivity index (χ0v) is 16.8. The van der Waals surface area contributed by atoms with Crippen LogP contribution in [0.5, 0.6) is 0 Å². The Morgan fingerprint density at radius 3 is 2.25 bits per heavy atom. The summed E-state index contributed by atoms with van der Waals surface area (Å²) in [5, 5.41) is 0. The van der Waals surface area contributed by atoms with Crippen molar-refractivity contribution in [1.29, 1.82) is 0 Å². The average molecular weight is 329 g/mol. The lowest BCUT2D eigenvalue weighted by molar-refractivity contribution is -0.0272. The highest BCUT2D eigenvalue weighted by atomic mass is 16.5. The molecule has 134 valence electrons. The van der Waals surface area contributed by atoms with Crippen LogP contribution >= 0.6 is 0 Å². The summed E-state index contributed by atoms with van der Waals surface area (Å²) in [5.74, 6) is 0. The SMILES string of the molecule is CCCOC1(CC2=CCC=C2)CC=C(C(C)(C)C)C=C1C(C)(C)C. The molecule has 0 aliphatic heterocycles. The summed E-state index contributed by atoms with van der Waals surface area (Å²) in [6.45, 7) is 16.9. The molecule has 0 amide bonds. The lowest BCUT2D eigenvalue weighted by atomic mass is 9.66. The van der Waals surface area contributed by atoms with E-state index in [2.05, 4.69) is 78.8 Å². The number of hydrogen-bond donors (Lipinski definition) is 0. The zero-order valence-electron chi connectivity index (χ0n) is 16.8. The molecule has 0 spiro atoms. The van der Waals surface area contributed by atoms with Crippen molar-refractivity contribution >= 4 is 0 Å². The first-order valence-corrected chi connectivity index (χ1v) is 9.51. The van der Waals surface area contributed by atoms with Crippen molar-refractivity contribution in [2.24, 2.45) is 10.8 Å². The third-order valence-electron chi connectivity index (χ3n) is 5.04. The molecule has 0 heterocycles. The molecule has 0 N–H and O–H groups in total. The maximum Gasteiger partial charge on any atom is 0.0974 e. The van der Waals surface area contributed by atoms with E-state index in [1.165, 1.54) is 16.7 Å². The van der Waals surface area contributed by atoms with Gasteiger partial charge in [0.2, 0.25) is 0 Å². The van der Waals surface area contributed by atoms with Gasteiger partial charge in [0.1, 0.15) is 0 Å². The van der Waals surface area contributed by atoms with Gasteiger partial charge in [0, 0.05) is 13.0 Å². The minimum Gasteiger partial charge on any atom is -0.370 e. The molecule has 1 unspecified atom stereocenters. The average Bonchev–Trinajstić information content (AvgIpc) is 2.96. The van der Waals surface area contributed by atoms with Gasteiger partial charge in [-0.3, -0.25) is 0 Å². The van der Waals surface area contributed by atoms with Crippen LogP contribution in [-0.2, 0) is 4.74 Å². The van der Waals surface area contributed by atoms with E-state index in [0.29, 0.717) is 0 Å². The fourth-order valence-electron chi connectivity index (χ4n) is 3.77. The van der Waals surface area contributed by atoms with Crippen LogP contribution in [-0.4, -0.2) is 12.2 Å². The predicted molar refractivity (Wildman–Crippen MR) is 105 cm³/mol. The number of hydrogen-bond acceptors (Lipinski definition) is 1. The molecular formula is C23H36O. The molecule has 0 radical (unpaired) electrons. The standard InChI is InChI=1S/C23H36O/c1-8-15-24-23(17-18-11-9-10-12-18)14-13-19(21(2,3)4)16-20(23)22(5,6)7/h9,11-13,16H,8,10,14-15,17H2,1-7H3. The van der Waals surface area contributed by atoms with E-state index in [1.54, 1.807) is 0 Å². The Labute approximate surface area is 149 Å². The Hall–Kier alpha value is -1.08. The molecule has 1 atom stereocenters. The van der Waals surface area contributed by atoms with Gasteiger partial charge in [0.05, 0.1) is 5.60 Å². The second kappa shape index (κ2) is 7.04. The fraction of sp³-hybridized carbons (Fsp3) is 0.652. The summed E-state index contributed by atoms with van der Waals surface area (Å²) in [6.07, 6.45) is 15.8. The van der Waals surface area contributed by atoms with Gasteiger partial charge in [-0.15, -0.1) is 0 Å². The molecule has 0 fully saturated rings. The first kappa shape index (κ1) is 19.2. The molecule has 2 rings (SSSR count). The number of rotatable bonds is 5. The van der Waals surface area contributed by atoms with E-state index in [-0.39, 0.29) is 16.4 Å². The van der Waals surface area contributed by atoms with Gasteiger partial charge in [0.25, 0.3) is 0 Å². The molecule has 2 aliphatic carbocycles. The summed E-state index contributed by atoms with van der Waals surface area (Å²) in [5.41, 5.74) is 4.41. The summed E-state index contributed by atoms with van der Waals surface area (Å²) in [7, 11) is 0. The third kappa shape index (κ3) is 4.30. The quantitative estimate of drug-likeness (QED) is 0.540. The Kier molecular flexibility index (Phi) is 5.64. The van der Waals surface area contributed by atoms with Crippen molar-refractivity contribution in [3.05, 3.63) is 47.1 Å². The summed E-state index contributed by atoms with van der Waals surface area (Å²) >= 11 is 0. The van der Waals surface area contributed by atoms with Crippen molar-refractivity contribution in [2.75, 3.05) is 6.61 Å². The van der Waals surface area contributed by atoms with Crippen molar-refractivity contribution in [2.45, 2.75) is 79.8 Å². The van der Waals surface area contributed by atoms with Crippen LogP contribution in [0.4, 0.5) is 0 Å². The Morgan fingerprint density at radius 1 is 1.04 bits per heavy atom. The van der Waals surface area contributed by atoms with E-state index >= 15 is 0 Å². The van der Waals surface area contributed by atoms with Crippen LogP contribution in [0.2, 0.25) is 0 Å². The highest BCUT2D eigenvalue weighted by molar-refractivity contribution is 5.43. The first-order chi connectivity index (χ1) is 11.1. The highest BCUT2D eigenvalue weighted by Gasteiger charge is 2.43. The monoisotopic (exact) mass is 328 g/mol. The topological polar surface area (TPSA) is 9.23 Å². The van der Waals surface area contributed by atoms with Gasteiger partial charge in [-0.05, 0) is 46.8 Å². The number of allylic oxidation sites excluding steroid dienone is 5. The van der Waals surface area contributed by atoms with Crippen molar-refractivity contribution < 1.29 is 4.74 Å². The van der Waals surface area contributed by atoms with Gasteiger partial charge >= 0.3 is 0 Å². The van der Waals surface area contributed by atoms with Crippen LogP contribution in [0, 0.1) is 10.8 Å². The minimum absolute atomic E-state index is 0.0986. The maximum absolute atomic E-state index is 6.59. The van der Waals surface area contributed by atoms with Crippen LogP contribution in [0.15, 0.2) is 47.1 Å². The molecule has 0 aromatic rings. The minimum atomic E-state index is -0.191. The van der Waals surface area contributed by atoms with Gasteiger partial charge < -0.3 is 4.74 Å². The largest absolute Gasteiger partial charge is 0.370 e. The van der Waals surface area contributed by atoms with Crippen molar-refractivity contribution in [1.82, 2.24) is 0 Å². The van der Waals surface area contributed by atoms with E-state index in [4.69, 9.17) is 4.74 Å². The van der Waals surface area contributed by atoms with Crippen molar-refractivity contribution in [3.63, 3.8) is 0 Å². The van der Waals surface area contributed by atoms with Crippen molar-refractivity contribution in [3.8, 4) is 0 Å². The first-order valence-electron chi connectivity index (χ1n) is 9.51. The van der Waals surface area contributed by atoms with Gasteiger partial charge in [0.15, 0.2) is 0 Å². The van der Waals surface area contributed by atoms with E-state index < -0.39 is 0 Å². The molecule has 0 bridgehead atoms. The van der Waals surface area contributed by atoms with Gasteiger partial charge in [-0.2, -0.15) is 0 Å². The Morgan fingerprint density at radius 2 is 1.75 bits per heavy atom. The summed E-state index contributed by atoms with van der Waals surface area (Å²) < 4.78 is 6.59.